The Morgan fingerprint density at radius 2 is 1.38 bits per heavy atom. The highest BCUT2D eigenvalue weighted by molar-refractivity contribution is 5.41. The molecule has 0 heterocycles. The van der Waals surface area contributed by atoms with Gasteiger partial charge in [0.1, 0.15) is 0 Å². The Kier molecular flexibility index (Phi) is 5.93. The number of hydrogen-bond donors (Lipinski definition) is 0. The third-order valence-electron chi connectivity index (χ3n) is 1.79. The van der Waals surface area contributed by atoms with E-state index >= 15 is 0 Å². The quantitative estimate of drug-likeness (QED) is 0.429. The van der Waals surface area contributed by atoms with Crippen LogP contribution in [0.25, 0.3) is 0 Å². The molecule has 0 fully saturated rings. The second-order valence-corrected chi connectivity index (χ2v) is 2.84. The summed E-state index contributed by atoms with van der Waals surface area (Å²) in [7, 11) is 0. The molecule has 0 radical (unpaired) electrons. The Balaban J connectivity index is 4.35. The number of carbonyl (C=O) groups excluding carboxylic acids is 2. The van der Waals surface area contributed by atoms with Crippen molar-refractivity contribution in [3.8, 4) is 0 Å². The summed E-state index contributed by atoms with van der Waals surface area (Å²) >= 11 is 0. The van der Waals surface area contributed by atoms with Crippen LogP contribution in [0.5, 0.6) is 0 Å². The van der Waals surface area contributed by atoms with Gasteiger partial charge < -0.3 is 9.47 Å². The van der Waals surface area contributed by atoms with E-state index in [-0.39, 0.29) is 0 Å². The monoisotopic (exact) mass is 188 g/mol. The fourth-order valence-corrected chi connectivity index (χ4v) is 1.33. The molecule has 0 unspecified atom stereocenters. The van der Waals surface area contributed by atoms with Crippen molar-refractivity contribution in [3.63, 3.8) is 0 Å². The summed E-state index contributed by atoms with van der Waals surface area (Å²) in [6, 6.07) is 0. The fraction of sp³-hybridized carbons (Fsp3) is 0.778. The third-order valence-corrected chi connectivity index (χ3v) is 1.79. The third kappa shape index (κ3) is 3.92. The van der Waals surface area contributed by atoms with Crippen LogP contribution >= 0.6 is 0 Å². The molecule has 76 valence electrons. The summed E-state index contributed by atoms with van der Waals surface area (Å²) < 4.78 is 9.63. The first-order valence-corrected chi connectivity index (χ1v) is 4.47. The summed E-state index contributed by atoms with van der Waals surface area (Å²) in [6.07, 6.45) is 2.67. The molecule has 13 heavy (non-hydrogen) atoms. The van der Waals surface area contributed by atoms with Crippen LogP contribution in [0.2, 0.25) is 0 Å². The van der Waals surface area contributed by atoms with Crippen molar-refractivity contribution in [1.29, 1.82) is 0 Å². The van der Waals surface area contributed by atoms with Crippen LogP contribution in [0.3, 0.4) is 0 Å². The van der Waals surface area contributed by atoms with Crippen molar-refractivity contribution >= 4 is 12.9 Å². The SMILES string of the molecule is CCCC(CCC)(OC=O)OC=O. The van der Waals surface area contributed by atoms with E-state index in [1.807, 2.05) is 13.8 Å². The first-order valence-electron chi connectivity index (χ1n) is 4.47. The number of ether oxygens (including phenoxy) is 2. The molecule has 0 bridgehead atoms. The molecule has 0 N–H and O–H groups in total. The molecule has 0 aliphatic carbocycles. The fourth-order valence-electron chi connectivity index (χ4n) is 1.33. The standard InChI is InChI=1S/C9H16O4/c1-3-5-9(6-4-2,12-7-10)13-8-11/h7-8H,3-6H2,1-2H3. The minimum atomic E-state index is -1.03. The van der Waals surface area contributed by atoms with Crippen molar-refractivity contribution in [2.75, 3.05) is 0 Å². The zero-order valence-corrected chi connectivity index (χ0v) is 8.12. The molecular formula is C9H16O4. The maximum absolute atomic E-state index is 10.2. The molecule has 4 heteroatoms. The van der Waals surface area contributed by atoms with E-state index < -0.39 is 5.79 Å². The first-order chi connectivity index (χ1) is 6.24. The molecular weight excluding hydrogens is 172 g/mol. The minimum absolute atomic E-state index is 0.328. The van der Waals surface area contributed by atoms with E-state index in [0.29, 0.717) is 25.8 Å². The van der Waals surface area contributed by atoms with Gasteiger partial charge in [0.2, 0.25) is 0 Å². The number of carbonyl (C=O) groups is 2. The summed E-state index contributed by atoms with van der Waals surface area (Å²) in [5.41, 5.74) is 0. The van der Waals surface area contributed by atoms with Crippen molar-refractivity contribution in [2.24, 2.45) is 0 Å². The van der Waals surface area contributed by atoms with Crippen molar-refractivity contribution in [2.45, 2.75) is 45.3 Å². The lowest BCUT2D eigenvalue weighted by atomic mass is 10.1. The topological polar surface area (TPSA) is 52.6 Å². The molecule has 0 atom stereocenters. The highest BCUT2D eigenvalue weighted by Crippen LogP contribution is 2.24. The molecule has 0 aromatic heterocycles. The van der Waals surface area contributed by atoms with Crippen LogP contribution in [0, 0.1) is 0 Å². The van der Waals surface area contributed by atoms with Gasteiger partial charge in [0.05, 0.1) is 0 Å². The second-order valence-electron chi connectivity index (χ2n) is 2.84. The number of rotatable bonds is 8. The van der Waals surface area contributed by atoms with E-state index in [1.165, 1.54) is 0 Å². The Morgan fingerprint density at radius 3 is 1.62 bits per heavy atom. The van der Waals surface area contributed by atoms with Gasteiger partial charge in [-0.25, -0.2) is 0 Å². The summed E-state index contributed by atoms with van der Waals surface area (Å²) in [5.74, 6) is -1.03. The lowest BCUT2D eigenvalue weighted by Crippen LogP contribution is -2.35. The van der Waals surface area contributed by atoms with Gasteiger partial charge in [-0.2, -0.15) is 0 Å². The molecule has 0 rings (SSSR count). The molecule has 0 amide bonds. The van der Waals surface area contributed by atoms with Crippen molar-refractivity contribution in [1.82, 2.24) is 0 Å². The van der Waals surface area contributed by atoms with Gasteiger partial charge in [0, 0.05) is 12.8 Å². The lowest BCUT2D eigenvalue weighted by Gasteiger charge is -2.28. The molecule has 0 aliphatic rings. The largest absolute Gasteiger partial charge is 0.425 e. The van der Waals surface area contributed by atoms with E-state index in [4.69, 9.17) is 9.47 Å². The van der Waals surface area contributed by atoms with E-state index in [0.717, 1.165) is 12.8 Å². The van der Waals surface area contributed by atoms with Crippen LogP contribution in [-0.4, -0.2) is 18.7 Å². The molecule has 0 saturated heterocycles. The van der Waals surface area contributed by atoms with Gasteiger partial charge >= 0.3 is 0 Å². The van der Waals surface area contributed by atoms with Crippen LogP contribution in [0.1, 0.15) is 39.5 Å². The molecule has 0 aromatic carbocycles. The Morgan fingerprint density at radius 1 is 1.00 bits per heavy atom. The summed E-state index contributed by atoms with van der Waals surface area (Å²) in [5, 5.41) is 0. The Bertz CT molecular complexity index is 138. The Hall–Kier alpha value is -1.06. The highest BCUT2D eigenvalue weighted by atomic mass is 16.7. The van der Waals surface area contributed by atoms with Crippen molar-refractivity contribution in [3.05, 3.63) is 0 Å². The van der Waals surface area contributed by atoms with Gasteiger partial charge in [-0.05, 0) is 12.8 Å². The van der Waals surface area contributed by atoms with Crippen LogP contribution in [0.4, 0.5) is 0 Å². The van der Waals surface area contributed by atoms with Crippen LogP contribution < -0.4 is 0 Å². The zero-order valence-electron chi connectivity index (χ0n) is 8.12. The average molecular weight is 188 g/mol. The Labute approximate surface area is 78.2 Å². The van der Waals surface area contributed by atoms with E-state index in [9.17, 15) is 9.59 Å². The molecule has 4 nitrogen and oxygen atoms in total. The van der Waals surface area contributed by atoms with Gasteiger partial charge in [-0.1, -0.05) is 13.8 Å². The van der Waals surface area contributed by atoms with Crippen molar-refractivity contribution < 1.29 is 19.1 Å². The van der Waals surface area contributed by atoms with Gasteiger partial charge in [0.25, 0.3) is 18.7 Å². The van der Waals surface area contributed by atoms with E-state index in [2.05, 4.69) is 0 Å². The molecule has 0 spiro atoms. The first kappa shape index (κ1) is 11.9. The maximum Gasteiger partial charge on any atom is 0.296 e. The predicted octanol–water partition coefficient (Wildman–Crippen LogP) is 1.63. The minimum Gasteiger partial charge on any atom is -0.425 e. The highest BCUT2D eigenvalue weighted by Gasteiger charge is 2.31. The van der Waals surface area contributed by atoms with E-state index in [1.54, 1.807) is 0 Å². The molecule has 0 saturated carbocycles. The number of hydrogen-bond acceptors (Lipinski definition) is 4. The van der Waals surface area contributed by atoms with Crippen LogP contribution in [-0.2, 0) is 19.1 Å². The van der Waals surface area contributed by atoms with Gasteiger partial charge in [0.15, 0.2) is 0 Å². The van der Waals surface area contributed by atoms with Crippen LogP contribution in [0.15, 0.2) is 0 Å². The smallest absolute Gasteiger partial charge is 0.296 e. The van der Waals surface area contributed by atoms with Gasteiger partial charge in [-0.3, -0.25) is 9.59 Å². The average Bonchev–Trinajstić information content (AvgIpc) is 2.06. The maximum atomic E-state index is 10.2. The second kappa shape index (κ2) is 6.46. The molecule has 0 aromatic rings. The normalized spacial score (nSPS) is 10.6. The zero-order chi connectivity index (χ0) is 10.2. The lowest BCUT2D eigenvalue weighted by molar-refractivity contribution is -0.216. The summed E-state index contributed by atoms with van der Waals surface area (Å²) in [6.45, 7) is 4.53. The summed E-state index contributed by atoms with van der Waals surface area (Å²) in [4.78, 5) is 20.5. The van der Waals surface area contributed by atoms with Gasteiger partial charge in [-0.15, -0.1) is 0 Å². The predicted molar refractivity (Wildman–Crippen MR) is 46.8 cm³/mol. The molecule has 0 aliphatic heterocycles.